The molecule has 0 saturated carbocycles. The van der Waals surface area contributed by atoms with Gasteiger partial charge in [0.25, 0.3) is 0 Å². The summed E-state index contributed by atoms with van der Waals surface area (Å²) in [5, 5.41) is 0. The maximum Gasteiger partial charge on any atom is 0.142 e. The Bertz CT molecular complexity index is 1370. The Morgan fingerprint density at radius 1 is 0.758 bits per heavy atom. The van der Waals surface area contributed by atoms with Crippen molar-refractivity contribution in [3.63, 3.8) is 0 Å². The van der Waals surface area contributed by atoms with Crippen LogP contribution in [0.4, 0.5) is 0 Å². The zero-order chi connectivity index (χ0) is 22.0. The number of hydrogen-bond donors (Lipinski definition) is 0. The lowest BCUT2D eigenvalue weighted by molar-refractivity contribution is 0.594. The molecule has 2 nitrogen and oxygen atoms in total. The van der Waals surface area contributed by atoms with Crippen LogP contribution in [-0.4, -0.2) is 4.98 Å². The molecule has 0 aliphatic heterocycles. The first-order valence-electron chi connectivity index (χ1n) is 11.2. The van der Waals surface area contributed by atoms with Crippen molar-refractivity contribution >= 4 is 6.08 Å². The van der Waals surface area contributed by atoms with Crippen LogP contribution < -0.4 is 0 Å². The molecule has 2 aromatic heterocycles. The standard InChI is InChI=1S/C31H21NO/c1-4-12-22(13-5-1)27-20-32-21-28(23-14-6-2-7-15-23)29(27)31-26-19-11-10-18-25(26)30(33-31)24-16-8-3-9-17-24/h1-6,8-10,12-14,16-18,20-21H,11,19H2. The summed E-state index contributed by atoms with van der Waals surface area (Å²) < 4.78 is 6.76. The summed E-state index contributed by atoms with van der Waals surface area (Å²) >= 11 is 0. The second-order valence-electron chi connectivity index (χ2n) is 8.14. The van der Waals surface area contributed by atoms with Crippen molar-refractivity contribution in [2.45, 2.75) is 12.8 Å². The molecule has 0 radical (unpaired) electrons. The fourth-order valence-corrected chi connectivity index (χ4v) is 4.59. The number of pyridine rings is 1. The third kappa shape index (κ3) is 3.45. The number of allylic oxidation sites excluding steroid dienone is 1. The summed E-state index contributed by atoms with van der Waals surface area (Å²) in [6.45, 7) is 0. The molecule has 0 spiro atoms. The topological polar surface area (TPSA) is 26.0 Å². The lowest BCUT2D eigenvalue weighted by Gasteiger charge is -2.15. The van der Waals surface area contributed by atoms with E-state index in [1.165, 1.54) is 11.1 Å². The number of aromatic nitrogens is 1. The van der Waals surface area contributed by atoms with Crippen LogP contribution in [0.1, 0.15) is 17.5 Å². The minimum atomic E-state index is 0.918. The Morgan fingerprint density at radius 3 is 2.27 bits per heavy atom. The first kappa shape index (κ1) is 19.3. The van der Waals surface area contributed by atoms with Crippen molar-refractivity contribution in [3.05, 3.63) is 121 Å². The Kier molecular flexibility index (Phi) is 4.86. The molecular weight excluding hydrogens is 402 g/mol. The Labute approximate surface area is 193 Å². The fraction of sp³-hybridized carbons (Fsp3) is 0.0645. The summed E-state index contributed by atoms with van der Waals surface area (Å²) in [4.78, 5) is 4.61. The second kappa shape index (κ2) is 8.30. The van der Waals surface area contributed by atoms with Crippen molar-refractivity contribution in [3.8, 4) is 44.9 Å². The molecule has 1 aliphatic carbocycles. The van der Waals surface area contributed by atoms with Crippen LogP contribution in [0.2, 0.25) is 0 Å². The fourth-order valence-electron chi connectivity index (χ4n) is 4.59. The minimum Gasteiger partial charge on any atom is -0.455 e. The van der Waals surface area contributed by atoms with E-state index < -0.39 is 0 Å². The molecule has 2 heteroatoms. The summed E-state index contributed by atoms with van der Waals surface area (Å²) in [6, 6.07) is 33.0. The molecule has 33 heavy (non-hydrogen) atoms. The zero-order valence-electron chi connectivity index (χ0n) is 18.1. The van der Waals surface area contributed by atoms with Crippen LogP contribution in [0, 0.1) is 12.1 Å². The highest BCUT2D eigenvalue weighted by Crippen LogP contribution is 2.46. The van der Waals surface area contributed by atoms with E-state index in [0.29, 0.717) is 0 Å². The summed E-state index contributed by atoms with van der Waals surface area (Å²) in [7, 11) is 0. The molecule has 6 rings (SSSR count). The SMILES string of the molecule is c1cccc(-c2cncc(-c3ccccc3)c2-c2oc(-c3ccccc3)c3c2CCC=C3)c#1. The Morgan fingerprint density at radius 2 is 1.52 bits per heavy atom. The monoisotopic (exact) mass is 423 g/mol. The molecule has 0 fully saturated rings. The number of fused-ring (bicyclic) bond motifs is 1. The van der Waals surface area contributed by atoms with Crippen molar-refractivity contribution in [2.75, 3.05) is 0 Å². The average molecular weight is 424 g/mol. The van der Waals surface area contributed by atoms with Gasteiger partial charge in [0.15, 0.2) is 0 Å². The third-order valence-corrected chi connectivity index (χ3v) is 6.13. The van der Waals surface area contributed by atoms with E-state index in [9.17, 15) is 0 Å². The molecule has 0 bridgehead atoms. The Hall–Kier alpha value is -4.35. The number of benzene rings is 2. The van der Waals surface area contributed by atoms with Crippen LogP contribution in [0.15, 0.2) is 102 Å². The highest BCUT2D eigenvalue weighted by atomic mass is 16.3. The molecular formula is C31H21NO. The molecule has 3 aromatic carbocycles. The summed E-state index contributed by atoms with van der Waals surface area (Å²) in [6.07, 6.45) is 10.2. The van der Waals surface area contributed by atoms with E-state index in [1.54, 1.807) is 0 Å². The van der Waals surface area contributed by atoms with Crippen LogP contribution in [-0.2, 0) is 6.42 Å². The van der Waals surface area contributed by atoms with Crippen LogP contribution in [0.3, 0.4) is 0 Å². The molecule has 0 atom stereocenters. The molecule has 156 valence electrons. The largest absolute Gasteiger partial charge is 0.455 e. The third-order valence-electron chi connectivity index (χ3n) is 6.13. The number of nitrogens with zero attached hydrogens (tertiary/aromatic N) is 1. The summed E-state index contributed by atoms with van der Waals surface area (Å²) in [5.74, 6) is 1.84. The lowest BCUT2D eigenvalue weighted by Crippen LogP contribution is -1.96. The van der Waals surface area contributed by atoms with Gasteiger partial charge in [-0.15, -0.1) is 0 Å². The maximum absolute atomic E-state index is 6.76. The van der Waals surface area contributed by atoms with Gasteiger partial charge < -0.3 is 4.42 Å². The number of furan rings is 1. The maximum atomic E-state index is 6.76. The lowest BCUT2D eigenvalue weighted by atomic mass is 9.88. The van der Waals surface area contributed by atoms with Crippen molar-refractivity contribution < 1.29 is 4.42 Å². The quantitative estimate of drug-likeness (QED) is 0.294. The van der Waals surface area contributed by atoms with Crippen molar-refractivity contribution in [1.29, 1.82) is 0 Å². The number of rotatable bonds is 4. The highest BCUT2D eigenvalue weighted by molar-refractivity contribution is 5.95. The average Bonchev–Trinajstić information content (AvgIpc) is 3.29. The molecule has 0 saturated heterocycles. The van der Waals surface area contributed by atoms with Crippen LogP contribution >= 0.6 is 0 Å². The van der Waals surface area contributed by atoms with E-state index in [1.807, 2.05) is 36.7 Å². The van der Waals surface area contributed by atoms with Gasteiger partial charge in [-0.05, 0) is 30.5 Å². The molecule has 2 heterocycles. The molecule has 0 unspecified atom stereocenters. The summed E-state index contributed by atoms with van der Waals surface area (Å²) in [5.41, 5.74) is 8.68. The molecule has 1 aliphatic rings. The first-order chi connectivity index (χ1) is 16.4. The van der Waals surface area contributed by atoms with Gasteiger partial charge in [0.1, 0.15) is 11.5 Å². The smallest absolute Gasteiger partial charge is 0.142 e. The Balaban J connectivity index is 1.68. The van der Waals surface area contributed by atoms with Gasteiger partial charge in [-0.1, -0.05) is 91.0 Å². The first-order valence-corrected chi connectivity index (χ1v) is 11.2. The van der Waals surface area contributed by atoms with Gasteiger partial charge in [0.2, 0.25) is 0 Å². The minimum absolute atomic E-state index is 0.918. The molecule has 5 aromatic rings. The molecule has 0 N–H and O–H groups in total. The van der Waals surface area contributed by atoms with Gasteiger partial charge in [0.05, 0.1) is 0 Å². The predicted molar refractivity (Wildman–Crippen MR) is 133 cm³/mol. The van der Waals surface area contributed by atoms with Gasteiger partial charge in [-0.2, -0.15) is 0 Å². The van der Waals surface area contributed by atoms with E-state index in [4.69, 9.17) is 4.42 Å². The van der Waals surface area contributed by atoms with E-state index >= 15 is 0 Å². The van der Waals surface area contributed by atoms with E-state index in [-0.39, 0.29) is 0 Å². The van der Waals surface area contributed by atoms with Gasteiger partial charge >= 0.3 is 0 Å². The second-order valence-corrected chi connectivity index (χ2v) is 8.14. The van der Waals surface area contributed by atoms with Gasteiger partial charge in [-0.3, -0.25) is 4.98 Å². The normalized spacial score (nSPS) is 12.2. The number of hydrogen-bond acceptors (Lipinski definition) is 2. The zero-order valence-corrected chi connectivity index (χ0v) is 18.1. The van der Waals surface area contributed by atoms with Gasteiger partial charge in [-0.25, -0.2) is 0 Å². The highest BCUT2D eigenvalue weighted by Gasteiger charge is 2.26. The van der Waals surface area contributed by atoms with Gasteiger partial charge in [0, 0.05) is 51.3 Å². The van der Waals surface area contributed by atoms with E-state index in [0.717, 1.165) is 57.7 Å². The van der Waals surface area contributed by atoms with Crippen molar-refractivity contribution in [1.82, 2.24) is 4.98 Å². The van der Waals surface area contributed by atoms with Crippen LogP contribution in [0.5, 0.6) is 0 Å². The van der Waals surface area contributed by atoms with E-state index in [2.05, 4.69) is 83.9 Å². The molecule has 0 amide bonds. The van der Waals surface area contributed by atoms with Crippen molar-refractivity contribution in [2.24, 2.45) is 0 Å². The predicted octanol–water partition coefficient (Wildman–Crippen LogP) is 7.90. The van der Waals surface area contributed by atoms with Crippen LogP contribution in [0.25, 0.3) is 51.0 Å².